The summed E-state index contributed by atoms with van der Waals surface area (Å²) in [6, 6.07) is 6.95. The normalized spacial score (nSPS) is 27.8. The van der Waals surface area contributed by atoms with E-state index in [1.807, 2.05) is 24.3 Å². The van der Waals surface area contributed by atoms with Crippen molar-refractivity contribution in [3.05, 3.63) is 36.0 Å². The second-order valence-electron chi connectivity index (χ2n) is 9.75. The van der Waals surface area contributed by atoms with Crippen LogP contribution in [0.3, 0.4) is 0 Å². The van der Waals surface area contributed by atoms with E-state index >= 15 is 0 Å². The monoisotopic (exact) mass is 384 g/mol. The predicted molar refractivity (Wildman–Crippen MR) is 106 cm³/mol. The lowest BCUT2D eigenvalue weighted by molar-refractivity contribution is -0.144. The lowest BCUT2D eigenvalue weighted by Crippen LogP contribution is -2.39. The third-order valence-corrected chi connectivity index (χ3v) is 6.44. The zero-order valence-corrected chi connectivity index (χ0v) is 16.7. The second-order valence-corrected chi connectivity index (χ2v) is 9.75. The smallest absolute Gasteiger partial charge is 0.325 e. The number of rotatable bonds is 5. The van der Waals surface area contributed by atoms with Crippen molar-refractivity contribution in [2.24, 2.45) is 10.8 Å². The molecule has 1 aliphatic heterocycles. The highest BCUT2D eigenvalue weighted by molar-refractivity contribution is 5.90. The van der Waals surface area contributed by atoms with Gasteiger partial charge in [-0.25, -0.2) is 0 Å². The van der Waals surface area contributed by atoms with Crippen molar-refractivity contribution in [2.75, 3.05) is 6.54 Å². The molecule has 1 saturated carbocycles. The van der Waals surface area contributed by atoms with Gasteiger partial charge in [0.2, 0.25) is 0 Å². The zero-order valence-electron chi connectivity index (χ0n) is 16.7. The molecule has 0 radical (unpaired) electrons. The molecular weight excluding hydrogens is 356 g/mol. The van der Waals surface area contributed by atoms with Crippen molar-refractivity contribution in [3.8, 4) is 0 Å². The van der Waals surface area contributed by atoms with Gasteiger partial charge in [0, 0.05) is 35.2 Å². The average molecular weight is 384 g/mol. The molecule has 0 amide bonds. The van der Waals surface area contributed by atoms with Gasteiger partial charge in [-0.1, -0.05) is 39.0 Å². The molecule has 2 bridgehead atoms. The Kier molecular flexibility index (Phi) is 4.30. The summed E-state index contributed by atoms with van der Waals surface area (Å²) in [6.07, 6.45) is 4.83. The van der Waals surface area contributed by atoms with Gasteiger partial charge in [0.05, 0.1) is 0 Å². The van der Waals surface area contributed by atoms with E-state index in [1.54, 1.807) is 10.8 Å². The number of nitrogens with zero attached hydrogens (tertiary/aromatic N) is 2. The summed E-state index contributed by atoms with van der Waals surface area (Å²) >= 11 is 0. The van der Waals surface area contributed by atoms with E-state index < -0.39 is 18.0 Å². The van der Waals surface area contributed by atoms with Gasteiger partial charge in [0.25, 0.3) is 0 Å². The summed E-state index contributed by atoms with van der Waals surface area (Å²) in [4.78, 5) is 25.9. The molecule has 28 heavy (non-hydrogen) atoms. The predicted octanol–water partition coefficient (Wildman–Crippen LogP) is 3.75. The first kappa shape index (κ1) is 19.0. The third-order valence-electron chi connectivity index (χ3n) is 6.44. The van der Waals surface area contributed by atoms with E-state index in [9.17, 15) is 19.8 Å². The van der Waals surface area contributed by atoms with E-state index in [0.29, 0.717) is 5.56 Å². The number of aliphatic carboxylic acids is 2. The van der Waals surface area contributed by atoms with Crippen LogP contribution in [-0.2, 0) is 16.1 Å². The van der Waals surface area contributed by atoms with Crippen molar-refractivity contribution < 1.29 is 19.8 Å². The van der Waals surface area contributed by atoms with Gasteiger partial charge in [-0.15, -0.1) is 0 Å². The van der Waals surface area contributed by atoms with Crippen LogP contribution in [0.25, 0.3) is 10.9 Å². The molecule has 0 unspecified atom stereocenters. The number of fused-ring (bicyclic) bond motifs is 3. The number of para-hydroxylation sites is 1. The number of likely N-dealkylation sites (tertiary alicyclic amines) is 1. The molecule has 6 heteroatoms. The molecule has 6 nitrogen and oxygen atoms in total. The minimum Gasteiger partial charge on any atom is -0.480 e. The summed E-state index contributed by atoms with van der Waals surface area (Å²) in [5.41, 5.74) is 1.78. The summed E-state index contributed by atoms with van der Waals surface area (Å²) in [5, 5.41) is 20.3. The first-order valence-corrected chi connectivity index (χ1v) is 9.87. The van der Waals surface area contributed by atoms with E-state index in [-0.39, 0.29) is 23.4 Å². The van der Waals surface area contributed by atoms with E-state index in [0.717, 1.165) is 36.7 Å². The van der Waals surface area contributed by atoms with Crippen LogP contribution in [0.15, 0.2) is 30.5 Å². The Labute approximate surface area is 164 Å². The summed E-state index contributed by atoms with van der Waals surface area (Å²) in [5.74, 6) is -1.81. The molecule has 150 valence electrons. The highest BCUT2D eigenvalue weighted by atomic mass is 16.4. The van der Waals surface area contributed by atoms with Crippen molar-refractivity contribution >= 4 is 22.8 Å². The van der Waals surface area contributed by atoms with Crippen molar-refractivity contribution in [2.45, 2.75) is 58.7 Å². The first-order chi connectivity index (χ1) is 13.1. The Balaban J connectivity index is 1.80. The molecule has 2 N–H and O–H groups in total. The molecule has 1 aromatic carbocycles. The number of hydrogen-bond donors (Lipinski definition) is 2. The van der Waals surface area contributed by atoms with Crippen molar-refractivity contribution in [3.63, 3.8) is 0 Å². The maximum absolute atomic E-state index is 12.4. The Morgan fingerprint density at radius 1 is 1.18 bits per heavy atom. The third kappa shape index (κ3) is 3.20. The standard InChI is InChI=1S/C22H28N2O4/c1-21(2)8-14-9-22(3,12-21)13-24(14)19(20(27)28)16-10-23(11-18(25)26)17-7-5-4-6-15(16)17/h4-7,10,14,19H,8-9,11-13H2,1-3H3,(H,25,26)(H,27,28)/t14-,19+,22-/m0/s1. The highest BCUT2D eigenvalue weighted by Gasteiger charge is 2.52. The largest absolute Gasteiger partial charge is 0.480 e. The average Bonchev–Trinajstić information content (AvgIpc) is 3.02. The fourth-order valence-corrected chi connectivity index (χ4v) is 6.03. The molecule has 1 aromatic heterocycles. The Bertz CT molecular complexity index is 947. The van der Waals surface area contributed by atoms with Gasteiger partial charge in [-0.05, 0) is 36.2 Å². The summed E-state index contributed by atoms with van der Waals surface area (Å²) in [7, 11) is 0. The van der Waals surface area contributed by atoms with E-state index in [4.69, 9.17) is 0 Å². The molecule has 2 aromatic rings. The van der Waals surface area contributed by atoms with Gasteiger partial charge < -0.3 is 14.8 Å². The lowest BCUT2D eigenvalue weighted by Gasteiger charge is -2.40. The Morgan fingerprint density at radius 2 is 1.89 bits per heavy atom. The van der Waals surface area contributed by atoms with Gasteiger partial charge in [0.15, 0.2) is 0 Å². The van der Waals surface area contributed by atoms with Crippen LogP contribution < -0.4 is 0 Å². The maximum atomic E-state index is 12.4. The summed E-state index contributed by atoms with van der Waals surface area (Å²) in [6.45, 7) is 7.40. The van der Waals surface area contributed by atoms with Crippen LogP contribution in [0.5, 0.6) is 0 Å². The molecule has 2 heterocycles. The van der Waals surface area contributed by atoms with Crippen LogP contribution >= 0.6 is 0 Å². The number of aromatic nitrogens is 1. The van der Waals surface area contributed by atoms with Crippen molar-refractivity contribution in [1.82, 2.24) is 9.47 Å². The Morgan fingerprint density at radius 3 is 2.57 bits per heavy atom. The number of carboxylic acids is 2. The van der Waals surface area contributed by atoms with E-state index in [1.165, 1.54) is 0 Å². The van der Waals surface area contributed by atoms with E-state index in [2.05, 4.69) is 25.7 Å². The molecule has 1 aliphatic carbocycles. The Hall–Kier alpha value is -2.34. The lowest BCUT2D eigenvalue weighted by atomic mass is 9.65. The van der Waals surface area contributed by atoms with Crippen LogP contribution in [0.2, 0.25) is 0 Å². The molecule has 3 atom stereocenters. The number of carbonyl (C=O) groups is 2. The van der Waals surface area contributed by atoms with Crippen LogP contribution in [0, 0.1) is 10.8 Å². The van der Waals surface area contributed by atoms with Gasteiger partial charge in [0.1, 0.15) is 12.6 Å². The van der Waals surface area contributed by atoms with Crippen LogP contribution in [0.1, 0.15) is 51.6 Å². The first-order valence-electron chi connectivity index (χ1n) is 9.87. The van der Waals surface area contributed by atoms with Gasteiger partial charge >= 0.3 is 11.9 Å². The number of benzene rings is 1. The fourth-order valence-electron chi connectivity index (χ4n) is 6.03. The second kappa shape index (κ2) is 6.34. The molecule has 0 spiro atoms. The zero-order chi connectivity index (χ0) is 20.3. The van der Waals surface area contributed by atoms with Crippen LogP contribution in [-0.4, -0.2) is 44.2 Å². The molecule has 1 saturated heterocycles. The highest BCUT2D eigenvalue weighted by Crippen LogP contribution is 2.54. The maximum Gasteiger partial charge on any atom is 0.325 e. The van der Waals surface area contributed by atoms with Gasteiger partial charge in [-0.3, -0.25) is 14.5 Å². The number of hydrogen-bond acceptors (Lipinski definition) is 3. The minimum absolute atomic E-state index is 0.125. The van der Waals surface area contributed by atoms with Crippen LogP contribution in [0.4, 0.5) is 0 Å². The molecule has 2 fully saturated rings. The molecular formula is C22H28N2O4. The molecule has 4 rings (SSSR count). The number of carboxylic acid groups (broad SMARTS) is 2. The fraction of sp³-hybridized carbons (Fsp3) is 0.545. The SMILES string of the molecule is CC1(C)C[C@H]2C[C@](C)(CN2[C@@H](C(=O)O)c2cn(CC(=O)O)c3ccccc23)C1. The van der Waals surface area contributed by atoms with Crippen molar-refractivity contribution in [1.29, 1.82) is 0 Å². The topological polar surface area (TPSA) is 82.8 Å². The van der Waals surface area contributed by atoms with Gasteiger partial charge in [-0.2, -0.15) is 0 Å². The summed E-state index contributed by atoms with van der Waals surface area (Å²) < 4.78 is 1.65. The molecule has 2 aliphatic rings. The minimum atomic E-state index is -0.939. The quantitative estimate of drug-likeness (QED) is 0.820.